The molecule has 0 amide bonds. The van der Waals surface area contributed by atoms with Gasteiger partial charge in [0.1, 0.15) is 0 Å². The van der Waals surface area contributed by atoms with E-state index in [0.29, 0.717) is 0 Å². The molecule has 2 N–H and O–H groups in total. The van der Waals surface area contributed by atoms with Crippen LogP contribution in [0.15, 0.2) is 182 Å². The van der Waals surface area contributed by atoms with Crippen molar-refractivity contribution in [1.82, 2.24) is 0 Å². The quantitative estimate of drug-likeness (QED) is 0.121. The molecule has 44 heavy (non-hydrogen) atoms. The molecule has 6 aromatic carbocycles. The number of hydrogen-bond donors (Lipinski definition) is 2. The fourth-order valence-corrected chi connectivity index (χ4v) is 8.97. The summed E-state index contributed by atoms with van der Waals surface area (Å²) in [5.41, 5.74) is 0. The van der Waals surface area contributed by atoms with Gasteiger partial charge >= 0.3 is 10.4 Å². The molecule has 0 saturated carbocycles. The average Bonchev–Trinajstić information content (AvgIpc) is 3.04. The van der Waals surface area contributed by atoms with E-state index < -0.39 is 26.2 Å². The fraction of sp³-hybridized carbons (Fsp3) is 0. The molecule has 0 aliphatic rings. The predicted octanol–water partition coefficient (Wildman–Crippen LogP) is 6.23. The molecule has 226 valence electrons. The standard InChI is InChI=1S/2C18H15P.H2O4S.Pd/c2*1-4-10-16(11-5-1)19(17-12-6-2-7-13-17)18-14-8-3-9-15-18;1-5(2,3)4;/h2*1-15H;(H2,1,2,3,4);. The molecule has 0 spiro atoms. The molecule has 0 heterocycles. The normalized spacial score (nSPS) is 10.5. The fourth-order valence-electron chi connectivity index (χ4n) is 4.36. The van der Waals surface area contributed by atoms with E-state index in [1.54, 1.807) is 0 Å². The van der Waals surface area contributed by atoms with Crippen LogP contribution in [0, 0.1) is 0 Å². The minimum absolute atomic E-state index is 0. The average molecular weight is 729 g/mol. The molecule has 6 aromatic rings. The van der Waals surface area contributed by atoms with Crippen molar-refractivity contribution >= 4 is 58.1 Å². The van der Waals surface area contributed by atoms with E-state index >= 15 is 0 Å². The van der Waals surface area contributed by atoms with E-state index in [1.807, 2.05) is 0 Å². The predicted molar refractivity (Wildman–Crippen MR) is 184 cm³/mol. The van der Waals surface area contributed by atoms with Crippen LogP contribution in [0.25, 0.3) is 0 Å². The Labute approximate surface area is 276 Å². The third kappa shape index (κ3) is 11.7. The van der Waals surface area contributed by atoms with Gasteiger partial charge in [-0.25, -0.2) is 0 Å². The molecular formula is C36H32O4P2PdS. The maximum absolute atomic E-state index is 8.74. The van der Waals surface area contributed by atoms with Crippen molar-refractivity contribution in [2.24, 2.45) is 0 Å². The molecule has 0 fully saturated rings. The van der Waals surface area contributed by atoms with Crippen LogP contribution in [0.1, 0.15) is 0 Å². The summed E-state index contributed by atoms with van der Waals surface area (Å²) < 4.78 is 31.6. The van der Waals surface area contributed by atoms with Gasteiger partial charge in [-0.05, 0) is 47.7 Å². The Kier molecular flexibility index (Phi) is 14.8. The van der Waals surface area contributed by atoms with Gasteiger partial charge in [-0.3, -0.25) is 9.11 Å². The van der Waals surface area contributed by atoms with Gasteiger partial charge in [0.2, 0.25) is 0 Å². The second kappa shape index (κ2) is 18.5. The van der Waals surface area contributed by atoms with Gasteiger partial charge in [0, 0.05) is 20.4 Å². The molecule has 0 saturated heterocycles. The van der Waals surface area contributed by atoms with E-state index in [4.69, 9.17) is 17.5 Å². The Morgan fingerprint density at radius 3 is 0.545 bits per heavy atom. The van der Waals surface area contributed by atoms with Crippen molar-refractivity contribution in [3.8, 4) is 0 Å². The van der Waals surface area contributed by atoms with Crippen LogP contribution in [0.3, 0.4) is 0 Å². The summed E-state index contributed by atoms with van der Waals surface area (Å²) >= 11 is 0. The largest absolute Gasteiger partial charge is 0.394 e. The van der Waals surface area contributed by atoms with Crippen LogP contribution in [0.5, 0.6) is 0 Å². The van der Waals surface area contributed by atoms with Crippen LogP contribution in [-0.2, 0) is 30.8 Å². The smallest absolute Gasteiger partial charge is 0.264 e. The Hall–Kier alpha value is -3.29. The molecule has 6 rings (SSSR count). The first-order valence-corrected chi connectivity index (χ1v) is 17.6. The first kappa shape index (κ1) is 35.2. The van der Waals surface area contributed by atoms with E-state index in [1.165, 1.54) is 31.8 Å². The molecular weight excluding hydrogens is 697 g/mol. The molecule has 0 aliphatic carbocycles. The SMILES string of the molecule is O=S(=O)(O)O.[Pd].c1ccc(P(c2ccccc2)c2ccccc2)cc1.c1ccc(P(c2ccccc2)c2ccccc2)cc1. The Bertz CT molecular complexity index is 1420. The number of hydrogen-bond acceptors (Lipinski definition) is 2. The summed E-state index contributed by atoms with van der Waals surface area (Å²) in [7, 11) is -5.56. The summed E-state index contributed by atoms with van der Waals surface area (Å²) in [5.74, 6) is 0. The van der Waals surface area contributed by atoms with Gasteiger partial charge < -0.3 is 0 Å². The first-order valence-electron chi connectivity index (χ1n) is 13.5. The molecule has 0 radical (unpaired) electrons. The van der Waals surface area contributed by atoms with Gasteiger partial charge in [-0.15, -0.1) is 0 Å². The summed E-state index contributed by atoms with van der Waals surface area (Å²) in [4.78, 5) is 0. The second-order valence-corrected chi connectivity index (χ2v) is 14.5. The van der Waals surface area contributed by atoms with Gasteiger partial charge in [0.15, 0.2) is 0 Å². The van der Waals surface area contributed by atoms with Crippen molar-refractivity contribution in [2.45, 2.75) is 0 Å². The second-order valence-electron chi connectivity index (χ2n) is 9.13. The van der Waals surface area contributed by atoms with Crippen LogP contribution in [0.2, 0.25) is 0 Å². The molecule has 0 unspecified atom stereocenters. The summed E-state index contributed by atoms with van der Waals surface area (Å²) in [6.07, 6.45) is 0. The van der Waals surface area contributed by atoms with E-state index in [9.17, 15) is 0 Å². The zero-order valence-electron chi connectivity index (χ0n) is 23.7. The minimum atomic E-state index is -4.67. The Morgan fingerprint density at radius 1 is 0.318 bits per heavy atom. The topological polar surface area (TPSA) is 74.6 Å². The molecule has 0 bridgehead atoms. The van der Waals surface area contributed by atoms with E-state index in [2.05, 4.69) is 182 Å². The maximum atomic E-state index is 8.74. The molecule has 4 nitrogen and oxygen atoms in total. The van der Waals surface area contributed by atoms with Gasteiger partial charge in [-0.1, -0.05) is 182 Å². The van der Waals surface area contributed by atoms with Gasteiger partial charge in [0.05, 0.1) is 0 Å². The monoisotopic (exact) mass is 728 g/mol. The Balaban J connectivity index is 0.000000205. The third-order valence-corrected chi connectivity index (χ3v) is 11.0. The van der Waals surface area contributed by atoms with Crippen LogP contribution in [-0.4, -0.2) is 17.5 Å². The van der Waals surface area contributed by atoms with E-state index in [0.717, 1.165) is 0 Å². The number of benzene rings is 6. The first-order chi connectivity index (χ1) is 20.9. The number of rotatable bonds is 6. The Morgan fingerprint density at radius 2 is 0.432 bits per heavy atom. The van der Waals surface area contributed by atoms with Crippen molar-refractivity contribution < 1.29 is 37.9 Å². The third-order valence-electron chi connectivity index (χ3n) is 6.09. The minimum Gasteiger partial charge on any atom is -0.264 e. The van der Waals surface area contributed by atoms with Crippen molar-refractivity contribution in [3.05, 3.63) is 182 Å². The van der Waals surface area contributed by atoms with Crippen molar-refractivity contribution in [3.63, 3.8) is 0 Å². The summed E-state index contributed by atoms with van der Waals surface area (Å²) in [5, 5.41) is 8.39. The van der Waals surface area contributed by atoms with Crippen LogP contribution >= 0.6 is 15.8 Å². The molecule has 0 aliphatic heterocycles. The summed E-state index contributed by atoms with van der Waals surface area (Å²) in [6, 6.07) is 64.7. The molecule has 8 heteroatoms. The zero-order chi connectivity index (χ0) is 30.3. The van der Waals surface area contributed by atoms with Crippen molar-refractivity contribution in [2.75, 3.05) is 0 Å². The van der Waals surface area contributed by atoms with E-state index in [-0.39, 0.29) is 20.4 Å². The van der Waals surface area contributed by atoms with Crippen LogP contribution in [0.4, 0.5) is 0 Å². The zero-order valence-corrected chi connectivity index (χ0v) is 27.8. The molecule has 0 atom stereocenters. The van der Waals surface area contributed by atoms with Gasteiger partial charge in [-0.2, -0.15) is 8.42 Å². The van der Waals surface area contributed by atoms with Gasteiger partial charge in [0.25, 0.3) is 0 Å². The molecule has 0 aromatic heterocycles. The van der Waals surface area contributed by atoms with Crippen molar-refractivity contribution in [1.29, 1.82) is 0 Å². The summed E-state index contributed by atoms with van der Waals surface area (Å²) in [6.45, 7) is 0. The maximum Gasteiger partial charge on any atom is 0.394 e. The van der Waals surface area contributed by atoms with Crippen LogP contribution < -0.4 is 31.8 Å².